The van der Waals surface area contributed by atoms with Crippen LogP contribution in [0.4, 0.5) is 13.2 Å². The van der Waals surface area contributed by atoms with Crippen LogP contribution in [-0.2, 0) is 10.9 Å². The second-order valence-electron chi connectivity index (χ2n) is 5.79. The Bertz CT molecular complexity index is 663. The Kier molecular flexibility index (Phi) is 4.41. The fraction of sp³-hybridized carbons (Fsp3) is 0.333. The molecular weight excluding hydrogens is 303 g/mol. The first-order valence-electron chi connectivity index (χ1n) is 7.54. The van der Waals surface area contributed by atoms with E-state index in [4.69, 9.17) is 4.74 Å². The Hall–Kier alpha value is -1.85. The van der Waals surface area contributed by atoms with Crippen molar-refractivity contribution in [1.29, 1.82) is 0 Å². The summed E-state index contributed by atoms with van der Waals surface area (Å²) in [5.41, 5.74) is 1.31. The highest BCUT2D eigenvalue weighted by Gasteiger charge is 2.36. The molecule has 23 heavy (non-hydrogen) atoms. The lowest BCUT2D eigenvalue weighted by Crippen LogP contribution is -2.49. The number of nitrogens with one attached hydrogen (secondary N) is 1. The third-order valence-corrected chi connectivity index (χ3v) is 4.00. The summed E-state index contributed by atoms with van der Waals surface area (Å²) < 4.78 is 46.0. The van der Waals surface area contributed by atoms with Gasteiger partial charge in [0.1, 0.15) is 6.10 Å². The first-order chi connectivity index (χ1) is 10.9. The van der Waals surface area contributed by atoms with Gasteiger partial charge in [-0.05, 0) is 24.1 Å². The van der Waals surface area contributed by atoms with Crippen molar-refractivity contribution in [3.8, 4) is 0 Å². The largest absolute Gasteiger partial charge is 0.416 e. The van der Waals surface area contributed by atoms with Crippen molar-refractivity contribution in [2.45, 2.75) is 25.3 Å². The molecule has 1 heterocycles. The van der Waals surface area contributed by atoms with E-state index < -0.39 is 17.8 Å². The molecule has 2 aromatic rings. The molecule has 2 aromatic carbocycles. The smallest absolute Gasteiger partial charge is 0.363 e. The van der Waals surface area contributed by atoms with Crippen molar-refractivity contribution in [2.75, 3.05) is 13.1 Å². The average molecular weight is 321 g/mol. The van der Waals surface area contributed by atoms with Crippen molar-refractivity contribution < 1.29 is 17.9 Å². The highest BCUT2D eigenvalue weighted by Crippen LogP contribution is 2.38. The monoisotopic (exact) mass is 321 g/mol. The second-order valence-corrected chi connectivity index (χ2v) is 5.79. The molecule has 1 saturated heterocycles. The van der Waals surface area contributed by atoms with Crippen molar-refractivity contribution in [1.82, 2.24) is 5.32 Å². The molecular formula is C18H18F3NO. The summed E-state index contributed by atoms with van der Waals surface area (Å²) in [4.78, 5) is 0. The number of alkyl halides is 3. The van der Waals surface area contributed by atoms with Gasteiger partial charge in [0.15, 0.2) is 0 Å². The fourth-order valence-electron chi connectivity index (χ4n) is 2.61. The maximum Gasteiger partial charge on any atom is 0.416 e. The molecule has 0 saturated carbocycles. The predicted octanol–water partition coefficient (Wildman–Crippen LogP) is 4.09. The molecule has 122 valence electrons. The highest BCUT2D eigenvalue weighted by atomic mass is 19.4. The van der Waals surface area contributed by atoms with E-state index in [1.165, 1.54) is 12.1 Å². The summed E-state index contributed by atoms with van der Waals surface area (Å²) in [6, 6.07) is 13.1. The normalized spacial score (nSPS) is 16.9. The lowest BCUT2D eigenvalue weighted by molar-refractivity contribution is -0.140. The second kappa shape index (κ2) is 6.34. The van der Waals surface area contributed by atoms with Gasteiger partial charge in [-0.15, -0.1) is 0 Å². The van der Waals surface area contributed by atoms with Crippen LogP contribution >= 0.6 is 0 Å². The molecule has 2 nitrogen and oxygen atoms in total. The number of benzene rings is 2. The van der Waals surface area contributed by atoms with Crippen molar-refractivity contribution >= 4 is 0 Å². The minimum absolute atomic E-state index is 0.0670. The lowest BCUT2D eigenvalue weighted by Gasteiger charge is -2.33. The zero-order valence-electron chi connectivity index (χ0n) is 12.7. The number of halogens is 3. The van der Waals surface area contributed by atoms with Crippen LogP contribution in [0.15, 0.2) is 48.5 Å². The van der Waals surface area contributed by atoms with E-state index in [0.29, 0.717) is 13.1 Å². The van der Waals surface area contributed by atoms with Gasteiger partial charge in [0.05, 0.1) is 11.7 Å². The summed E-state index contributed by atoms with van der Waals surface area (Å²) in [7, 11) is 0. The van der Waals surface area contributed by atoms with Gasteiger partial charge in [0, 0.05) is 13.1 Å². The van der Waals surface area contributed by atoms with Crippen LogP contribution < -0.4 is 5.32 Å². The molecule has 0 radical (unpaired) electrons. The molecule has 5 heteroatoms. The number of hydrogen-bond acceptors (Lipinski definition) is 2. The number of rotatable bonds is 4. The predicted molar refractivity (Wildman–Crippen MR) is 82.2 cm³/mol. The Labute approximate surface area is 133 Å². The lowest BCUT2D eigenvalue weighted by atomic mass is 9.95. The van der Waals surface area contributed by atoms with Crippen LogP contribution in [0.2, 0.25) is 0 Å². The van der Waals surface area contributed by atoms with E-state index in [2.05, 4.69) is 5.32 Å². The summed E-state index contributed by atoms with van der Waals surface area (Å²) in [6.45, 7) is 3.27. The topological polar surface area (TPSA) is 21.3 Å². The van der Waals surface area contributed by atoms with Crippen LogP contribution in [0.5, 0.6) is 0 Å². The van der Waals surface area contributed by atoms with E-state index in [1.54, 1.807) is 6.07 Å². The summed E-state index contributed by atoms with van der Waals surface area (Å²) in [5, 5.41) is 3.08. The molecule has 0 bridgehead atoms. The van der Waals surface area contributed by atoms with Gasteiger partial charge in [-0.3, -0.25) is 0 Å². The molecule has 1 fully saturated rings. The Morgan fingerprint density at radius 2 is 1.70 bits per heavy atom. The van der Waals surface area contributed by atoms with Crippen LogP contribution in [-0.4, -0.2) is 19.2 Å². The van der Waals surface area contributed by atoms with Crippen molar-refractivity contribution in [3.05, 3.63) is 70.8 Å². The van der Waals surface area contributed by atoms with Crippen molar-refractivity contribution in [3.63, 3.8) is 0 Å². The maximum atomic E-state index is 13.4. The molecule has 3 rings (SSSR count). The van der Waals surface area contributed by atoms with Crippen LogP contribution in [0, 0.1) is 6.92 Å². The summed E-state index contributed by atoms with van der Waals surface area (Å²) in [5.74, 6) is 0. The van der Waals surface area contributed by atoms with Crippen molar-refractivity contribution in [2.24, 2.45) is 0 Å². The SMILES string of the molecule is Cc1ccc(C(OC2CNC2)c2ccccc2C(F)(F)F)cc1. The third kappa shape index (κ3) is 3.57. The maximum absolute atomic E-state index is 13.4. The van der Waals surface area contributed by atoms with Gasteiger partial charge in [0.2, 0.25) is 0 Å². The van der Waals surface area contributed by atoms with Gasteiger partial charge in [-0.2, -0.15) is 13.2 Å². The van der Waals surface area contributed by atoms with E-state index in [1.807, 2.05) is 31.2 Å². The first kappa shape index (κ1) is 16.0. The fourth-order valence-corrected chi connectivity index (χ4v) is 2.61. The quantitative estimate of drug-likeness (QED) is 0.916. The molecule has 1 atom stereocenters. The van der Waals surface area contributed by atoms with Gasteiger partial charge < -0.3 is 10.1 Å². The Morgan fingerprint density at radius 3 is 2.26 bits per heavy atom. The minimum Gasteiger partial charge on any atom is -0.363 e. The van der Waals surface area contributed by atoms with Gasteiger partial charge in [-0.25, -0.2) is 0 Å². The minimum atomic E-state index is -4.40. The number of aryl methyl sites for hydroxylation is 1. The summed E-state index contributed by atoms with van der Waals surface area (Å²) >= 11 is 0. The molecule has 0 aliphatic carbocycles. The van der Waals surface area contributed by atoms with Crippen LogP contribution in [0.1, 0.15) is 28.4 Å². The van der Waals surface area contributed by atoms with E-state index in [9.17, 15) is 13.2 Å². The highest BCUT2D eigenvalue weighted by molar-refractivity contribution is 5.38. The molecule has 1 aliphatic rings. The molecule has 0 amide bonds. The Balaban J connectivity index is 2.03. The molecule has 1 N–H and O–H groups in total. The third-order valence-electron chi connectivity index (χ3n) is 4.00. The van der Waals surface area contributed by atoms with Crippen LogP contribution in [0.25, 0.3) is 0 Å². The zero-order chi connectivity index (χ0) is 16.4. The molecule has 0 aromatic heterocycles. The van der Waals surface area contributed by atoms with Crippen LogP contribution in [0.3, 0.4) is 0 Å². The van der Waals surface area contributed by atoms with Gasteiger partial charge in [-0.1, -0.05) is 48.0 Å². The Morgan fingerprint density at radius 1 is 1.04 bits per heavy atom. The van der Waals surface area contributed by atoms with E-state index in [-0.39, 0.29) is 11.7 Å². The van der Waals surface area contributed by atoms with E-state index >= 15 is 0 Å². The van der Waals surface area contributed by atoms with Gasteiger partial charge in [0.25, 0.3) is 0 Å². The molecule has 0 spiro atoms. The first-order valence-corrected chi connectivity index (χ1v) is 7.54. The molecule has 1 unspecified atom stereocenters. The number of hydrogen-bond donors (Lipinski definition) is 1. The molecule has 1 aliphatic heterocycles. The standard InChI is InChI=1S/C18H18F3NO/c1-12-6-8-13(9-7-12)17(23-14-10-22-11-14)15-4-2-3-5-16(15)18(19,20)21/h2-9,14,17,22H,10-11H2,1H3. The summed E-state index contributed by atoms with van der Waals surface area (Å²) in [6.07, 6.45) is -5.19. The van der Waals surface area contributed by atoms with E-state index in [0.717, 1.165) is 17.2 Å². The zero-order valence-corrected chi connectivity index (χ0v) is 12.7. The average Bonchev–Trinajstić information content (AvgIpc) is 2.47. The number of ether oxygens (including phenoxy) is 1. The van der Waals surface area contributed by atoms with Gasteiger partial charge >= 0.3 is 6.18 Å².